The van der Waals surface area contributed by atoms with Crippen LogP contribution in [-0.2, 0) is 24.1 Å². The standard InChI is InChI=1S/C19H23NOS/c1-14(20-19(21)11-10-18-7-4-12-22-18)16-9-8-15-5-2-3-6-17(15)13-16/h4,7-9,12-14H,2-3,5-6,10-11H2,1H3,(H,20,21)/t14-/m0/s1. The number of fused-ring (bicyclic) bond motifs is 1. The predicted octanol–water partition coefficient (Wildman–Crippen LogP) is 4.44. The summed E-state index contributed by atoms with van der Waals surface area (Å²) in [5.41, 5.74) is 4.19. The zero-order valence-electron chi connectivity index (χ0n) is 13.1. The molecule has 1 aromatic carbocycles. The minimum atomic E-state index is 0.0862. The van der Waals surface area contributed by atoms with Crippen molar-refractivity contribution in [3.8, 4) is 0 Å². The van der Waals surface area contributed by atoms with Crippen LogP contribution in [0.3, 0.4) is 0 Å². The SMILES string of the molecule is C[C@H](NC(=O)CCc1cccs1)c1ccc2c(c1)CCCC2. The lowest BCUT2D eigenvalue weighted by molar-refractivity contribution is -0.121. The summed E-state index contributed by atoms with van der Waals surface area (Å²) in [6.07, 6.45) is 6.38. The number of benzene rings is 1. The van der Waals surface area contributed by atoms with Crippen LogP contribution in [0.4, 0.5) is 0 Å². The van der Waals surface area contributed by atoms with Crippen LogP contribution in [0.5, 0.6) is 0 Å². The molecule has 0 spiro atoms. The van der Waals surface area contributed by atoms with Crippen molar-refractivity contribution in [3.63, 3.8) is 0 Å². The summed E-state index contributed by atoms with van der Waals surface area (Å²) in [5, 5.41) is 5.19. The van der Waals surface area contributed by atoms with Gasteiger partial charge in [-0.3, -0.25) is 4.79 Å². The summed E-state index contributed by atoms with van der Waals surface area (Å²) in [5.74, 6) is 0.138. The van der Waals surface area contributed by atoms with E-state index < -0.39 is 0 Å². The highest BCUT2D eigenvalue weighted by atomic mass is 32.1. The van der Waals surface area contributed by atoms with Crippen molar-refractivity contribution < 1.29 is 4.79 Å². The molecular weight excluding hydrogens is 290 g/mol. The Kier molecular flexibility index (Phi) is 4.94. The summed E-state index contributed by atoms with van der Waals surface area (Å²) in [6, 6.07) is 10.9. The van der Waals surface area contributed by atoms with Crippen molar-refractivity contribution in [2.45, 2.75) is 51.5 Å². The van der Waals surface area contributed by atoms with Gasteiger partial charge in [-0.1, -0.05) is 24.3 Å². The Balaban J connectivity index is 1.56. The molecule has 0 saturated carbocycles. The highest BCUT2D eigenvalue weighted by Crippen LogP contribution is 2.24. The van der Waals surface area contributed by atoms with Gasteiger partial charge in [-0.2, -0.15) is 0 Å². The number of carbonyl (C=O) groups is 1. The smallest absolute Gasteiger partial charge is 0.220 e. The van der Waals surface area contributed by atoms with Gasteiger partial charge in [0.1, 0.15) is 0 Å². The molecule has 0 fully saturated rings. The zero-order valence-corrected chi connectivity index (χ0v) is 13.9. The lowest BCUT2D eigenvalue weighted by Gasteiger charge is -2.20. The van der Waals surface area contributed by atoms with Gasteiger partial charge in [0.2, 0.25) is 5.91 Å². The summed E-state index contributed by atoms with van der Waals surface area (Å²) < 4.78 is 0. The monoisotopic (exact) mass is 313 g/mol. The van der Waals surface area contributed by atoms with E-state index >= 15 is 0 Å². The Morgan fingerprint density at radius 3 is 2.82 bits per heavy atom. The first-order chi connectivity index (χ1) is 10.7. The van der Waals surface area contributed by atoms with Gasteiger partial charge in [0, 0.05) is 11.3 Å². The summed E-state index contributed by atoms with van der Waals surface area (Å²) in [6.45, 7) is 2.08. The molecule has 1 N–H and O–H groups in total. The fourth-order valence-electron chi connectivity index (χ4n) is 3.11. The van der Waals surface area contributed by atoms with E-state index in [-0.39, 0.29) is 11.9 Å². The van der Waals surface area contributed by atoms with Crippen molar-refractivity contribution in [2.75, 3.05) is 0 Å². The molecule has 1 aromatic heterocycles. The highest BCUT2D eigenvalue weighted by Gasteiger charge is 2.14. The van der Waals surface area contributed by atoms with E-state index in [1.54, 1.807) is 11.3 Å². The summed E-state index contributed by atoms with van der Waals surface area (Å²) in [7, 11) is 0. The third-order valence-corrected chi connectivity index (χ3v) is 5.36. The lowest BCUT2D eigenvalue weighted by Crippen LogP contribution is -2.27. The van der Waals surface area contributed by atoms with Gasteiger partial charge in [0.25, 0.3) is 0 Å². The number of thiophene rings is 1. The average molecular weight is 313 g/mol. The van der Waals surface area contributed by atoms with Crippen LogP contribution < -0.4 is 5.32 Å². The van der Waals surface area contributed by atoms with Crippen LogP contribution in [-0.4, -0.2) is 5.91 Å². The molecule has 116 valence electrons. The Morgan fingerprint density at radius 2 is 2.05 bits per heavy atom. The number of carbonyl (C=O) groups excluding carboxylic acids is 1. The number of amides is 1. The second-order valence-corrected chi connectivity index (χ2v) is 7.14. The van der Waals surface area contributed by atoms with Crippen molar-refractivity contribution in [1.82, 2.24) is 5.32 Å². The third kappa shape index (κ3) is 3.77. The molecule has 22 heavy (non-hydrogen) atoms. The lowest BCUT2D eigenvalue weighted by atomic mass is 9.89. The van der Waals surface area contributed by atoms with Crippen LogP contribution >= 0.6 is 11.3 Å². The number of nitrogens with one attached hydrogen (secondary N) is 1. The number of hydrogen-bond acceptors (Lipinski definition) is 2. The summed E-state index contributed by atoms with van der Waals surface area (Å²) in [4.78, 5) is 13.4. The Labute approximate surface area is 136 Å². The number of aryl methyl sites for hydroxylation is 3. The summed E-state index contributed by atoms with van der Waals surface area (Å²) >= 11 is 1.72. The highest BCUT2D eigenvalue weighted by molar-refractivity contribution is 7.09. The topological polar surface area (TPSA) is 29.1 Å². The van der Waals surface area contributed by atoms with Gasteiger partial charge in [-0.25, -0.2) is 0 Å². The van der Waals surface area contributed by atoms with Crippen LogP contribution in [0.2, 0.25) is 0 Å². The Bertz CT molecular complexity index is 633. The van der Waals surface area contributed by atoms with E-state index in [0.717, 1.165) is 6.42 Å². The molecule has 1 atom stereocenters. The maximum absolute atomic E-state index is 12.1. The van der Waals surface area contributed by atoms with Crippen LogP contribution in [0.1, 0.15) is 53.8 Å². The Morgan fingerprint density at radius 1 is 1.23 bits per heavy atom. The maximum atomic E-state index is 12.1. The molecule has 3 heteroatoms. The van der Waals surface area contributed by atoms with Crippen LogP contribution in [0.25, 0.3) is 0 Å². The second kappa shape index (κ2) is 7.10. The minimum Gasteiger partial charge on any atom is -0.350 e. The molecule has 1 aliphatic rings. The van der Waals surface area contributed by atoms with E-state index in [1.165, 1.54) is 47.3 Å². The van der Waals surface area contributed by atoms with Crippen molar-refractivity contribution >= 4 is 17.2 Å². The average Bonchev–Trinajstić information content (AvgIpc) is 3.06. The number of hydrogen-bond donors (Lipinski definition) is 1. The quantitative estimate of drug-likeness (QED) is 0.869. The normalized spacial score (nSPS) is 15.1. The molecule has 3 rings (SSSR count). The van der Waals surface area contributed by atoms with E-state index in [9.17, 15) is 4.79 Å². The molecule has 2 nitrogen and oxygen atoms in total. The second-order valence-electron chi connectivity index (χ2n) is 6.10. The van der Waals surface area contributed by atoms with E-state index in [1.807, 2.05) is 6.07 Å². The van der Waals surface area contributed by atoms with Gasteiger partial charge < -0.3 is 5.32 Å². The number of rotatable bonds is 5. The van der Waals surface area contributed by atoms with Crippen molar-refractivity contribution in [3.05, 3.63) is 57.3 Å². The van der Waals surface area contributed by atoms with Gasteiger partial charge >= 0.3 is 0 Å². The fraction of sp³-hybridized carbons (Fsp3) is 0.421. The minimum absolute atomic E-state index is 0.0862. The van der Waals surface area contributed by atoms with Crippen molar-refractivity contribution in [2.24, 2.45) is 0 Å². The van der Waals surface area contributed by atoms with Gasteiger partial charge in [0.15, 0.2) is 0 Å². The molecule has 0 radical (unpaired) electrons. The molecule has 1 aliphatic carbocycles. The molecule has 1 heterocycles. The first-order valence-electron chi connectivity index (χ1n) is 8.16. The predicted molar refractivity (Wildman–Crippen MR) is 92.3 cm³/mol. The molecule has 0 aliphatic heterocycles. The third-order valence-electron chi connectivity index (χ3n) is 4.43. The molecule has 1 amide bonds. The molecule has 0 saturated heterocycles. The fourth-order valence-corrected chi connectivity index (χ4v) is 3.82. The molecule has 2 aromatic rings. The van der Waals surface area contributed by atoms with Crippen LogP contribution in [0.15, 0.2) is 35.7 Å². The molecule has 0 unspecified atom stereocenters. The Hall–Kier alpha value is -1.61. The first-order valence-corrected chi connectivity index (χ1v) is 9.04. The van der Waals surface area contributed by atoms with E-state index in [4.69, 9.17) is 0 Å². The zero-order chi connectivity index (χ0) is 15.4. The van der Waals surface area contributed by atoms with Gasteiger partial charge in [0.05, 0.1) is 6.04 Å². The van der Waals surface area contributed by atoms with E-state index in [2.05, 4.69) is 41.9 Å². The molecular formula is C19H23NOS. The van der Waals surface area contributed by atoms with Crippen molar-refractivity contribution in [1.29, 1.82) is 0 Å². The van der Waals surface area contributed by atoms with E-state index in [0.29, 0.717) is 6.42 Å². The molecule has 0 bridgehead atoms. The van der Waals surface area contributed by atoms with Crippen LogP contribution in [0, 0.1) is 0 Å². The largest absolute Gasteiger partial charge is 0.350 e. The van der Waals surface area contributed by atoms with Gasteiger partial charge in [-0.15, -0.1) is 11.3 Å². The van der Waals surface area contributed by atoms with Gasteiger partial charge in [-0.05, 0) is 67.2 Å². The first kappa shape index (κ1) is 15.3. The maximum Gasteiger partial charge on any atom is 0.220 e.